The van der Waals surface area contributed by atoms with Crippen LogP contribution in [0.2, 0.25) is 0 Å². The zero-order valence-electron chi connectivity index (χ0n) is 11.1. The molecule has 1 unspecified atom stereocenters. The summed E-state index contributed by atoms with van der Waals surface area (Å²) in [6, 6.07) is 6.49. The lowest BCUT2D eigenvalue weighted by atomic mass is 10.1. The summed E-state index contributed by atoms with van der Waals surface area (Å²) in [5.74, 6) is 1.60. The Bertz CT molecular complexity index is 375. The van der Waals surface area contributed by atoms with Gasteiger partial charge in [-0.15, -0.1) is 0 Å². The fourth-order valence-corrected chi connectivity index (χ4v) is 2.15. The summed E-state index contributed by atoms with van der Waals surface area (Å²) in [5.41, 5.74) is 1.24. The number of nitrogens with one attached hydrogen (secondary N) is 1. The third-order valence-electron chi connectivity index (χ3n) is 3.01. The van der Waals surface area contributed by atoms with Crippen LogP contribution in [0.1, 0.15) is 12.5 Å². The Hall–Kier alpha value is -1.26. The normalized spacial score (nSPS) is 19.6. The van der Waals surface area contributed by atoms with Crippen LogP contribution in [0.25, 0.3) is 0 Å². The van der Waals surface area contributed by atoms with Crippen LogP contribution in [0.15, 0.2) is 18.2 Å². The van der Waals surface area contributed by atoms with Crippen LogP contribution in [0.4, 0.5) is 0 Å². The van der Waals surface area contributed by atoms with Crippen molar-refractivity contribution in [2.45, 2.75) is 19.4 Å². The highest BCUT2D eigenvalue weighted by molar-refractivity contribution is 5.43. The maximum Gasteiger partial charge on any atom is 0.161 e. The summed E-state index contributed by atoms with van der Waals surface area (Å²) >= 11 is 0. The van der Waals surface area contributed by atoms with Gasteiger partial charge in [0.15, 0.2) is 11.5 Å². The standard InChI is InChI=1S/C14H21NO3/c1-3-18-14-9-11(4-5-13(14)16-2)8-12-10-17-7-6-15-12/h4-5,9,12,15H,3,6-8,10H2,1-2H3. The molecule has 1 fully saturated rings. The molecule has 0 saturated carbocycles. The molecule has 4 nitrogen and oxygen atoms in total. The molecule has 0 aromatic heterocycles. The van der Waals surface area contributed by atoms with Crippen molar-refractivity contribution in [3.05, 3.63) is 23.8 Å². The van der Waals surface area contributed by atoms with E-state index in [4.69, 9.17) is 14.2 Å². The minimum Gasteiger partial charge on any atom is -0.493 e. The van der Waals surface area contributed by atoms with Gasteiger partial charge < -0.3 is 19.5 Å². The Morgan fingerprint density at radius 3 is 2.94 bits per heavy atom. The minimum absolute atomic E-state index is 0.390. The van der Waals surface area contributed by atoms with Crippen molar-refractivity contribution in [1.29, 1.82) is 0 Å². The van der Waals surface area contributed by atoms with Crippen LogP contribution >= 0.6 is 0 Å². The zero-order chi connectivity index (χ0) is 12.8. The fraction of sp³-hybridized carbons (Fsp3) is 0.571. The van der Waals surface area contributed by atoms with Crippen molar-refractivity contribution in [3.63, 3.8) is 0 Å². The van der Waals surface area contributed by atoms with Crippen LogP contribution in [0.3, 0.4) is 0 Å². The molecular formula is C14H21NO3. The molecule has 1 saturated heterocycles. The molecule has 0 aliphatic carbocycles. The fourth-order valence-electron chi connectivity index (χ4n) is 2.15. The smallest absolute Gasteiger partial charge is 0.161 e. The molecule has 1 heterocycles. The molecule has 0 amide bonds. The third-order valence-corrected chi connectivity index (χ3v) is 3.01. The first-order valence-corrected chi connectivity index (χ1v) is 6.44. The van der Waals surface area contributed by atoms with E-state index in [1.807, 2.05) is 13.0 Å². The van der Waals surface area contributed by atoms with E-state index in [1.165, 1.54) is 5.56 Å². The Morgan fingerprint density at radius 1 is 1.39 bits per heavy atom. The predicted molar refractivity (Wildman–Crippen MR) is 70.5 cm³/mol. The minimum atomic E-state index is 0.390. The van der Waals surface area contributed by atoms with Gasteiger partial charge in [0.2, 0.25) is 0 Å². The number of hydrogen-bond donors (Lipinski definition) is 1. The largest absolute Gasteiger partial charge is 0.493 e. The van der Waals surface area contributed by atoms with Crippen molar-refractivity contribution in [2.24, 2.45) is 0 Å². The topological polar surface area (TPSA) is 39.7 Å². The van der Waals surface area contributed by atoms with Crippen molar-refractivity contribution in [2.75, 3.05) is 33.5 Å². The molecule has 1 aliphatic heterocycles. The van der Waals surface area contributed by atoms with Gasteiger partial charge in [-0.05, 0) is 31.0 Å². The first-order chi connectivity index (χ1) is 8.83. The highest BCUT2D eigenvalue weighted by atomic mass is 16.5. The number of methoxy groups -OCH3 is 1. The van der Waals surface area contributed by atoms with Crippen LogP contribution in [-0.4, -0.2) is 39.5 Å². The first-order valence-electron chi connectivity index (χ1n) is 6.44. The number of morpholine rings is 1. The van der Waals surface area contributed by atoms with E-state index < -0.39 is 0 Å². The van der Waals surface area contributed by atoms with E-state index in [1.54, 1.807) is 7.11 Å². The average Bonchev–Trinajstić information content (AvgIpc) is 2.41. The predicted octanol–water partition coefficient (Wildman–Crippen LogP) is 1.62. The van der Waals surface area contributed by atoms with Gasteiger partial charge in [0.1, 0.15) is 0 Å². The lowest BCUT2D eigenvalue weighted by Crippen LogP contribution is -2.42. The SMILES string of the molecule is CCOc1cc(CC2COCCN2)ccc1OC. The number of hydrogen-bond acceptors (Lipinski definition) is 4. The average molecular weight is 251 g/mol. The van der Waals surface area contributed by atoms with Gasteiger partial charge in [0.05, 0.1) is 26.9 Å². The molecule has 18 heavy (non-hydrogen) atoms. The molecule has 0 bridgehead atoms. The molecule has 1 aromatic rings. The highest BCUT2D eigenvalue weighted by Crippen LogP contribution is 2.28. The van der Waals surface area contributed by atoms with E-state index in [0.717, 1.165) is 37.7 Å². The molecule has 0 spiro atoms. The Balaban J connectivity index is 2.05. The van der Waals surface area contributed by atoms with Crippen LogP contribution in [0, 0.1) is 0 Å². The van der Waals surface area contributed by atoms with Gasteiger partial charge in [-0.2, -0.15) is 0 Å². The van der Waals surface area contributed by atoms with Crippen molar-refractivity contribution in [1.82, 2.24) is 5.32 Å². The van der Waals surface area contributed by atoms with Gasteiger partial charge in [-0.3, -0.25) is 0 Å². The van der Waals surface area contributed by atoms with Gasteiger partial charge in [0.25, 0.3) is 0 Å². The molecule has 1 N–H and O–H groups in total. The zero-order valence-corrected chi connectivity index (χ0v) is 11.1. The summed E-state index contributed by atoms with van der Waals surface area (Å²) in [4.78, 5) is 0. The van der Waals surface area contributed by atoms with Gasteiger partial charge >= 0.3 is 0 Å². The Labute approximate surface area is 108 Å². The maximum absolute atomic E-state index is 5.58. The summed E-state index contributed by atoms with van der Waals surface area (Å²) in [7, 11) is 1.66. The molecule has 100 valence electrons. The van der Waals surface area contributed by atoms with E-state index in [-0.39, 0.29) is 0 Å². The first kappa shape index (κ1) is 13.2. The van der Waals surface area contributed by atoms with Gasteiger partial charge in [0, 0.05) is 12.6 Å². The molecule has 1 aromatic carbocycles. The van der Waals surface area contributed by atoms with Crippen molar-refractivity contribution < 1.29 is 14.2 Å². The second-order valence-corrected chi connectivity index (χ2v) is 4.35. The molecule has 1 aliphatic rings. The van der Waals surface area contributed by atoms with E-state index in [0.29, 0.717) is 12.6 Å². The Morgan fingerprint density at radius 2 is 2.28 bits per heavy atom. The monoisotopic (exact) mass is 251 g/mol. The lowest BCUT2D eigenvalue weighted by molar-refractivity contribution is 0.0770. The maximum atomic E-state index is 5.58. The number of ether oxygens (including phenoxy) is 3. The molecule has 1 atom stereocenters. The van der Waals surface area contributed by atoms with Crippen LogP contribution in [0.5, 0.6) is 11.5 Å². The number of benzene rings is 1. The van der Waals surface area contributed by atoms with Gasteiger partial charge in [-0.1, -0.05) is 6.07 Å². The highest BCUT2D eigenvalue weighted by Gasteiger charge is 2.14. The van der Waals surface area contributed by atoms with Crippen LogP contribution in [-0.2, 0) is 11.2 Å². The third kappa shape index (κ3) is 3.37. The molecular weight excluding hydrogens is 230 g/mol. The van der Waals surface area contributed by atoms with Crippen LogP contribution < -0.4 is 14.8 Å². The summed E-state index contributed by atoms with van der Waals surface area (Å²) in [5, 5.41) is 3.45. The molecule has 4 heteroatoms. The van der Waals surface area contributed by atoms with E-state index in [9.17, 15) is 0 Å². The summed E-state index contributed by atoms with van der Waals surface area (Å²) < 4.78 is 16.3. The number of rotatable bonds is 5. The Kier molecular flexibility index (Phi) is 4.84. The second kappa shape index (κ2) is 6.61. The lowest BCUT2D eigenvalue weighted by Gasteiger charge is -2.24. The van der Waals surface area contributed by atoms with Crippen molar-refractivity contribution >= 4 is 0 Å². The summed E-state index contributed by atoms with van der Waals surface area (Å²) in [6.45, 7) is 5.13. The quantitative estimate of drug-likeness (QED) is 0.863. The second-order valence-electron chi connectivity index (χ2n) is 4.35. The van der Waals surface area contributed by atoms with Gasteiger partial charge in [-0.25, -0.2) is 0 Å². The van der Waals surface area contributed by atoms with E-state index in [2.05, 4.69) is 17.4 Å². The van der Waals surface area contributed by atoms with Crippen molar-refractivity contribution in [3.8, 4) is 11.5 Å². The summed E-state index contributed by atoms with van der Waals surface area (Å²) in [6.07, 6.45) is 0.948. The molecule has 2 rings (SSSR count). The van der Waals surface area contributed by atoms with E-state index >= 15 is 0 Å². The molecule has 0 radical (unpaired) electrons.